The molecule has 2 atom stereocenters. The number of aliphatic hydroxyl groups is 1. The van der Waals surface area contributed by atoms with Crippen LogP contribution in [0.15, 0.2) is 16.5 Å². The van der Waals surface area contributed by atoms with E-state index in [-0.39, 0.29) is 22.7 Å². The molecule has 0 aliphatic heterocycles. The lowest BCUT2D eigenvalue weighted by molar-refractivity contribution is -0.0813. The summed E-state index contributed by atoms with van der Waals surface area (Å²) in [5.74, 6) is 7.67. The van der Waals surface area contributed by atoms with E-state index in [1.165, 1.54) is 6.42 Å². The molecular formula is C22H27N5O3. The first-order chi connectivity index (χ1) is 14.1. The maximum atomic E-state index is 13.0. The summed E-state index contributed by atoms with van der Waals surface area (Å²) in [5.41, 5.74) is -1.55. The number of hydrogen-bond acceptors (Lipinski definition) is 6. The largest absolute Gasteiger partial charge is 0.443 e. The maximum Gasteiger partial charge on any atom is 0.287 e. The maximum absolute atomic E-state index is 13.0. The standard InChI is InChI=1S/C22H27N5O3/c1-14-24-26-27(25-14)22-11-15-8-16(12-22)10-21(9-15,13-22)23-19(28)18-5-4-17(30-18)6-7-20(2,3)29/h4-5,15-16,29H,8-13H2,1-3H3,(H,23,28). The number of carbonyl (C=O) groups excluding carboxylic acids is 1. The van der Waals surface area contributed by atoms with Gasteiger partial charge in [0, 0.05) is 5.54 Å². The summed E-state index contributed by atoms with van der Waals surface area (Å²) in [7, 11) is 0. The Morgan fingerprint density at radius 1 is 1.30 bits per heavy atom. The van der Waals surface area contributed by atoms with Gasteiger partial charge in [0.25, 0.3) is 5.91 Å². The highest BCUT2D eigenvalue weighted by molar-refractivity contribution is 5.92. The van der Waals surface area contributed by atoms with Crippen molar-refractivity contribution < 1.29 is 14.3 Å². The Labute approximate surface area is 175 Å². The van der Waals surface area contributed by atoms with Crippen LogP contribution >= 0.6 is 0 Å². The Hall–Kier alpha value is -2.66. The minimum absolute atomic E-state index is 0.162. The van der Waals surface area contributed by atoms with E-state index >= 15 is 0 Å². The molecule has 2 aromatic heterocycles. The normalized spacial score (nSPS) is 32.0. The fourth-order valence-electron chi connectivity index (χ4n) is 6.12. The van der Waals surface area contributed by atoms with E-state index in [0.29, 0.717) is 23.4 Å². The topological polar surface area (TPSA) is 106 Å². The summed E-state index contributed by atoms with van der Waals surface area (Å²) in [6, 6.07) is 3.30. The van der Waals surface area contributed by atoms with Gasteiger partial charge in [-0.1, -0.05) is 5.92 Å². The lowest BCUT2D eigenvalue weighted by Gasteiger charge is -2.61. The molecule has 2 heterocycles. The molecule has 0 spiro atoms. The van der Waals surface area contributed by atoms with Crippen LogP contribution in [0, 0.1) is 30.6 Å². The molecular weight excluding hydrogens is 382 g/mol. The van der Waals surface area contributed by atoms with Gasteiger partial charge in [-0.3, -0.25) is 4.79 Å². The number of amides is 1. The van der Waals surface area contributed by atoms with E-state index in [1.807, 2.05) is 11.7 Å². The molecule has 1 amide bonds. The number of aromatic nitrogens is 4. The summed E-state index contributed by atoms with van der Waals surface area (Å²) in [5, 5.41) is 26.0. The first-order valence-electron chi connectivity index (χ1n) is 10.6. The number of aryl methyl sites for hydroxylation is 1. The monoisotopic (exact) mass is 409 g/mol. The van der Waals surface area contributed by atoms with Crippen LogP contribution in [0.3, 0.4) is 0 Å². The molecule has 0 saturated heterocycles. The Balaban J connectivity index is 1.38. The Morgan fingerprint density at radius 3 is 2.67 bits per heavy atom. The molecule has 8 nitrogen and oxygen atoms in total. The molecule has 8 heteroatoms. The van der Waals surface area contributed by atoms with Crippen LogP contribution in [0.25, 0.3) is 0 Å². The van der Waals surface area contributed by atoms with Crippen LogP contribution in [-0.2, 0) is 5.54 Å². The highest BCUT2D eigenvalue weighted by Gasteiger charge is 2.60. The van der Waals surface area contributed by atoms with Crippen molar-refractivity contribution in [3.63, 3.8) is 0 Å². The van der Waals surface area contributed by atoms with Crippen molar-refractivity contribution in [2.24, 2.45) is 11.8 Å². The van der Waals surface area contributed by atoms with Crippen LogP contribution in [0.2, 0.25) is 0 Å². The van der Waals surface area contributed by atoms with Gasteiger partial charge in [0.15, 0.2) is 17.3 Å². The zero-order valence-corrected chi connectivity index (χ0v) is 17.6. The molecule has 0 radical (unpaired) electrons. The Morgan fingerprint density at radius 2 is 2.03 bits per heavy atom. The van der Waals surface area contributed by atoms with Crippen LogP contribution in [0.4, 0.5) is 0 Å². The van der Waals surface area contributed by atoms with Crippen molar-refractivity contribution in [3.8, 4) is 11.8 Å². The van der Waals surface area contributed by atoms with Gasteiger partial charge in [0.1, 0.15) is 5.60 Å². The van der Waals surface area contributed by atoms with Crippen molar-refractivity contribution >= 4 is 5.91 Å². The molecule has 2 aromatic rings. The van der Waals surface area contributed by atoms with Crippen LogP contribution in [0.1, 0.15) is 74.5 Å². The fraction of sp³-hybridized carbons (Fsp3) is 0.636. The van der Waals surface area contributed by atoms with Gasteiger partial charge in [-0.2, -0.15) is 4.80 Å². The number of furan rings is 1. The van der Waals surface area contributed by atoms with Crippen LogP contribution < -0.4 is 5.32 Å². The highest BCUT2D eigenvalue weighted by atomic mass is 16.3. The molecule has 2 N–H and O–H groups in total. The number of rotatable bonds is 3. The quantitative estimate of drug-likeness (QED) is 0.753. The second kappa shape index (κ2) is 6.42. The third-order valence-corrected chi connectivity index (χ3v) is 6.67. The van der Waals surface area contributed by atoms with Gasteiger partial charge in [-0.05, 0) is 94.4 Å². The van der Waals surface area contributed by atoms with E-state index in [2.05, 4.69) is 32.6 Å². The lowest BCUT2D eigenvalue weighted by Crippen LogP contribution is -2.66. The summed E-state index contributed by atoms with van der Waals surface area (Å²) < 4.78 is 5.63. The predicted molar refractivity (Wildman–Crippen MR) is 107 cm³/mol. The third kappa shape index (κ3) is 3.41. The molecule has 4 aliphatic rings. The first kappa shape index (κ1) is 19.3. The van der Waals surface area contributed by atoms with E-state index in [9.17, 15) is 9.90 Å². The summed E-state index contributed by atoms with van der Waals surface area (Å²) in [4.78, 5) is 14.9. The van der Waals surface area contributed by atoms with Crippen molar-refractivity contribution in [3.05, 3.63) is 29.5 Å². The van der Waals surface area contributed by atoms with Gasteiger partial charge < -0.3 is 14.8 Å². The average molecular weight is 409 g/mol. The molecule has 4 fully saturated rings. The molecule has 30 heavy (non-hydrogen) atoms. The summed E-state index contributed by atoms with van der Waals surface area (Å²) >= 11 is 0. The summed E-state index contributed by atoms with van der Waals surface area (Å²) in [6.07, 6.45) is 6.10. The molecule has 4 bridgehead atoms. The second-order valence-electron chi connectivity index (χ2n) is 10.0. The highest BCUT2D eigenvalue weighted by Crippen LogP contribution is 2.60. The zero-order valence-electron chi connectivity index (χ0n) is 17.6. The Bertz CT molecular complexity index is 1040. The third-order valence-electron chi connectivity index (χ3n) is 6.67. The van der Waals surface area contributed by atoms with Crippen molar-refractivity contribution in [1.29, 1.82) is 0 Å². The first-order valence-corrected chi connectivity index (χ1v) is 10.6. The minimum Gasteiger partial charge on any atom is -0.443 e. The average Bonchev–Trinajstić information content (AvgIpc) is 3.27. The molecule has 4 aliphatic carbocycles. The summed E-state index contributed by atoms with van der Waals surface area (Å²) in [6.45, 7) is 5.06. The van der Waals surface area contributed by atoms with E-state index in [1.54, 1.807) is 26.0 Å². The van der Waals surface area contributed by atoms with E-state index in [0.717, 1.165) is 32.1 Å². The molecule has 158 valence electrons. The van der Waals surface area contributed by atoms with Crippen molar-refractivity contribution in [1.82, 2.24) is 25.5 Å². The van der Waals surface area contributed by atoms with E-state index in [4.69, 9.17) is 4.42 Å². The SMILES string of the molecule is Cc1nnn(C23CC4CC(CC(NC(=O)c5ccc(C#CC(C)(C)O)o5)(C4)C2)C3)n1. The van der Waals surface area contributed by atoms with Gasteiger partial charge in [-0.15, -0.1) is 10.2 Å². The predicted octanol–water partition coefficient (Wildman–Crippen LogP) is 2.17. The van der Waals surface area contributed by atoms with Crippen LogP contribution in [-0.4, -0.2) is 42.4 Å². The molecule has 2 unspecified atom stereocenters. The number of nitrogens with zero attached hydrogens (tertiary/aromatic N) is 4. The van der Waals surface area contributed by atoms with Gasteiger partial charge in [-0.25, -0.2) is 0 Å². The second-order valence-corrected chi connectivity index (χ2v) is 10.0. The van der Waals surface area contributed by atoms with Crippen molar-refractivity contribution in [2.75, 3.05) is 0 Å². The van der Waals surface area contributed by atoms with Gasteiger partial charge in [0.05, 0.1) is 5.54 Å². The molecule has 6 rings (SSSR count). The fourth-order valence-corrected chi connectivity index (χ4v) is 6.12. The van der Waals surface area contributed by atoms with Gasteiger partial charge in [0.2, 0.25) is 0 Å². The van der Waals surface area contributed by atoms with Gasteiger partial charge >= 0.3 is 0 Å². The molecule has 4 saturated carbocycles. The minimum atomic E-state index is -1.11. The van der Waals surface area contributed by atoms with E-state index < -0.39 is 5.60 Å². The smallest absolute Gasteiger partial charge is 0.287 e. The van der Waals surface area contributed by atoms with Crippen molar-refractivity contribution in [2.45, 2.75) is 76.0 Å². The number of tetrazole rings is 1. The lowest BCUT2D eigenvalue weighted by atomic mass is 9.50. The number of nitrogens with one attached hydrogen (secondary N) is 1. The molecule has 0 aromatic carbocycles. The zero-order chi connectivity index (χ0) is 21.1. The number of carbonyl (C=O) groups is 1. The Kier molecular flexibility index (Phi) is 4.13. The van der Waals surface area contributed by atoms with Crippen LogP contribution in [0.5, 0.6) is 0 Å². The number of hydrogen-bond donors (Lipinski definition) is 2.